The second kappa shape index (κ2) is 10.0. The summed E-state index contributed by atoms with van der Waals surface area (Å²) in [5, 5.41) is 4.50. The molecule has 0 aliphatic carbocycles. The molecule has 176 valence electrons. The van der Waals surface area contributed by atoms with Gasteiger partial charge in [0.15, 0.2) is 5.78 Å². The molecule has 0 bridgehead atoms. The Morgan fingerprint density at radius 1 is 0.882 bits per heavy atom. The zero-order valence-corrected chi connectivity index (χ0v) is 20.0. The Balaban J connectivity index is 1.35. The molecule has 0 N–H and O–H groups in total. The standard InChI is InChI=1S/C27H30N4O3/c1-19-4-5-23(18-20(19)2)25-10-11-27(34)31(28-25)13-12-26(33)30-16-14-29(15-17-30)24-8-6-22(7-9-24)21(3)32/h4-11,18H,12-17H2,1-3H3. The molecule has 0 atom stereocenters. The molecule has 7 heteroatoms. The van der Waals surface area contributed by atoms with Crippen molar-refractivity contribution < 1.29 is 9.59 Å². The van der Waals surface area contributed by atoms with E-state index in [0.717, 1.165) is 30.0 Å². The summed E-state index contributed by atoms with van der Waals surface area (Å²) in [6.07, 6.45) is 0.233. The van der Waals surface area contributed by atoms with Gasteiger partial charge in [0, 0.05) is 55.5 Å². The first-order chi connectivity index (χ1) is 16.3. The Morgan fingerprint density at radius 3 is 2.24 bits per heavy atom. The number of nitrogens with zero attached hydrogens (tertiary/aromatic N) is 4. The lowest BCUT2D eigenvalue weighted by molar-refractivity contribution is -0.131. The maximum atomic E-state index is 12.8. The number of amides is 1. The van der Waals surface area contributed by atoms with E-state index in [1.165, 1.54) is 21.9 Å². The topological polar surface area (TPSA) is 75.5 Å². The summed E-state index contributed by atoms with van der Waals surface area (Å²) >= 11 is 0. The summed E-state index contributed by atoms with van der Waals surface area (Å²) in [5.41, 5.74) is 5.59. The van der Waals surface area contributed by atoms with Crippen molar-refractivity contribution >= 4 is 17.4 Å². The number of piperazine rings is 1. The Morgan fingerprint density at radius 2 is 1.59 bits per heavy atom. The van der Waals surface area contributed by atoms with Gasteiger partial charge < -0.3 is 9.80 Å². The minimum atomic E-state index is -0.209. The number of carbonyl (C=O) groups excluding carboxylic acids is 2. The second-order valence-corrected chi connectivity index (χ2v) is 8.80. The van der Waals surface area contributed by atoms with Crippen LogP contribution in [0.25, 0.3) is 11.3 Å². The van der Waals surface area contributed by atoms with Crippen LogP contribution in [0.3, 0.4) is 0 Å². The second-order valence-electron chi connectivity index (χ2n) is 8.80. The first-order valence-corrected chi connectivity index (χ1v) is 11.6. The zero-order chi connectivity index (χ0) is 24.2. The molecule has 34 heavy (non-hydrogen) atoms. The van der Waals surface area contributed by atoms with E-state index in [1.54, 1.807) is 13.0 Å². The molecular formula is C27H30N4O3. The number of aromatic nitrogens is 2. The maximum Gasteiger partial charge on any atom is 0.266 e. The van der Waals surface area contributed by atoms with E-state index in [9.17, 15) is 14.4 Å². The summed E-state index contributed by atoms with van der Waals surface area (Å²) in [7, 11) is 0. The summed E-state index contributed by atoms with van der Waals surface area (Å²) < 4.78 is 1.38. The summed E-state index contributed by atoms with van der Waals surface area (Å²) in [4.78, 5) is 40.7. The number of ketones is 1. The van der Waals surface area contributed by atoms with Gasteiger partial charge in [0.1, 0.15) is 0 Å². The van der Waals surface area contributed by atoms with Crippen molar-refractivity contribution in [3.05, 3.63) is 81.6 Å². The van der Waals surface area contributed by atoms with E-state index in [-0.39, 0.29) is 30.2 Å². The molecule has 1 amide bonds. The molecule has 1 aromatic heterocycles. The average Bonchev–Trinajstić information content (AvgIpc) is 2.85. The highest BCUT2D eigenvalue weighted by Gasteiger charge is 2.21. The number of hydrogen-bond acceptors (Lipinski definition) is 5. The van der Waals surface area contributed by atoms with Gasteiger partial charge in [-0.05, 0) is 68.3 Å². The molecule has 0 radical (unpaired) electrons. The van der Waals surface area contributed by atoms with Gasteiger partial charge in [0.2, 0.25) is 5.91 Å². The molecule has 1 fully saturated rings. The monoisotopic (exact) mass is 458 g/mol. The SMILES string of the molecule is CC(=O)c1ccc(N2CCN(C(=O)CCn3nc(-c4ccc(C)c(C)c4)ccc3=O)CC2)cc1. The molecular weight excluding hydrogens is 428 g/mol. The van der Waals surface area contributed by atoms with Gasteiger partial charge in [-0.2, -0.15) is 5.10 Å². The number of aryl methyl sites for hydroxylation is 3. The maximum absolute atomic E-state index is 12.8. The molecule has 0 saturated carbocycles. The highest BCUT2D eigenvalue weighted by molar-refractivity contribution is 5.94. The molecule has 1 saturated heterocycles. The zero-order valence-electron chi connectivity index (χ0n) is 20.0. The van der Waals surface area contributed by atoms with Gasteiger partial charge in [-0.1, -0.05) is 12.1 Å². The van der Waals surface area contributed by atoms with Gasteiger partial charge >= 0.3 is 0 Å². The van der Waals surface area contributed by atoms with Crippen LogP contribution in [0, 0.1) is 13.8 Å². The van der Waals surface area contributed by atoms with Crippen LogP contribution in [0.4, 0.5) is 5.69 Å². The number of benzene rings is 2. The van der Waals surface area contributed by atoms with Gasteiger partial charge in [-0.15, -0.1) is 0 Å². The summed E-state index contributed by atoms with van der Waals surface area (Å²) in [5.74, 6) is 0.0759. The first-order valence-electron chi connectivity index (χ1n) is 11.6. The lowest BCUT2D eigenvalue weighted by Crippen LogP contribution is -2.49. The minimum absolute atomic E-state index is 0.0249. The quantitative estimate of drug-likeness (QED) is 0.529. The van der Waals surface area contributed by atoms with Crippen LogP contribution in [0.2, 0.25) is 0 Å². The average molecular weight is 459 g/mol. The molecule has 4 rings (SSSR count). The fourth-order valence-corrected chi connectivity index (χ4v) is 4.14. The predicted octanol–water partition coefficient (Wildman–Crippen LogP) is 3.47. The molecule has 3 aromatic rings. The predicted molar refractivity (Wildman–Crippen MR) is 133 cm³/mol. The van der Waals surface area contributed by atoms with Crippen molar-refractivity contribution in [2.45, 2.75) is 33.7 Å². The molecule has 1 aliphatic rings. The van der Waals surface area contributed by atoms with Crippen LogP contribution >= 0.6 is 0 Å². The van der Waals surface area contributed by atoms with Gasteiger partial charge in [0.05, 0.1) is 12.2 Å². The van der Waals surface area contributed by atoms with Crippen molar-refractivity contribution in [1.82, 2.24) is 14.7 Å². The third kappa shape index (κ3) is 5.25. The fourth-order valence-electron chi connectivity index (χ4n) is 4.14. The van der Waals surface area contributed by atoms with E-state index < -0.39 is 0 Å². The van der Waals surface area contributed by atoms with Crippen LogP contribution < -0.4 is 10.5 Å². The van der Waals surface area contributed by atoms with Crippen molar-refractivity contribution in [2.75, 3.05) is 31.1 Å². The lowest BCUT2D eigenvalue weighted by atomic mass is 10.0. The third-order valence-corrected chi connectivity index (χ3v) is 6.48. The van der Waals surface area contributed by atoms with Crippen molar-refractivity contribution in [3.63, 3.8) is 0 Å². The van der Waals surface area contributed by atoms with Crippen LogP contribution in [0.1, 0.15) is 34.8 Å². The number of carbonyl (C=O) groups is 2. The Labute approximate surface area is 199 Å². The van der Waals surface area contributed by atoms with E-state index in [4.69, 9.17) is 0 Å². The highest BCUT2D eigenvalue weighted by Crippen LogP contribution is 2.20. The van der Waals surface area contributed by atoms with Crippen molar-refractivity contribution in [1.29, 1.82) is 0 Å². The lowest BCUT2D eigenvalue weighted by Gasteiger charge is -2.36. The Hall–Kier alpha value is -3.74. The molecule has 7 nitrogen and oxygen atoms in total. The fraction of sp³-hybridized carbons (Fsp3) is 0.333. The molecule has 1 aliphatic heterocycles. The van der Waals surface area contributed by atoms with Crippen molar-refractivity contribution in [3.8, 4) is 11.3 Å². The van der Waals surface area contributed by atoms with E-state index in [0.29, 0.717) is 18.7 Å². The number of anilines is 1. The molecule has 0 spiro atoms. The highest BCUT2D eigenvalue weighted by atomic mass is 16.2. The smallest absolute Gasteiger partial charge is 0.266 e. The first kappa shape index (κ1) is 23.4. The molecule has 0 unspecified atom stereocenters. The van der Waals surface area contributed by atoms with Gasteiger partial charge in [0.25, 0.3) is 5.56 Å². The largest absolute Gasteiger partial charge is 0.368 e. The summed E-state index contributed by atoms with van der Waals surface area (Å²) in [6.45, 7) is 8.62. The molecule has 2 aromatic carbocycles. The number of hydrogen-bond donors (Lipinski definition) is 0. The van der Waals surface area contributed by atoms with E-state index in [2.05, 4.69) is 29.9 Å². The van der Waals surface area contributed by atoms with E-state index in [1.807, 2.05) is 41.3 Å². The summed E-state index contributed by atoms with van der Waals surface area (Å²) in [6, 6.07) is 16.9. The minimum Gasteiger partial charge on any atom is -0.368 e. The normalized spacial score (nSPS) is 13.7. The Bertz CT molecular complexity index is 1260. The number of Topliss-reactive ketones (excluding diaryl/α,β-unsaturated/α-hetero) is 1. The van der Waals surface area contributed by atoms with E-state index >= 15 is 0 Å². The third-order valence-electron chi connectivity index (χ3n) is 6.48. The van der Waals surface area contributed by atoms with Crippen LogP contribution in [-0.2, 0) is 11.3 Å². The van der Waals surface area contributed by atoms with Gasteiger partial charge in [-0.25, -0.2) is 4.68 Å². The Kier molecular flexibility index (Phi) is 6.91. The van der Waals surface area contributed by atoms with Crippen LogP contribution in [0.15, 0.2) is 59.4 Å². The van der Waals surface area contributed by atoms with Gasteiger partial charge in [-0.3, -0.25) is 14.4 Å². The molecule has 2 heterocycles. The van der Waals surface area contributed by atoms with Crippen molar-refractivity contribution in [2.24, 2.45) is 0 Å². The van der Waals surface area contributed by atoms with Crippen LogP contribution in [0.5, 0.6) is 0 Å². The van der Waals surface area contributed by atoms with Crippen LogP contribution in [-0.4, -0.2) is 52.5 Å². The number of rotatable bonds is 6.